The molecule has 6 heteroatoms. The maximum atomic E-state index is 12.3. The molecule has 1 heterocycles. The maximum Gasteiger partial charge on any atom is 0.338 e. The first-order chi connectivity index (χ1) is 13.5. The van der Waals surface area contributed by atoms with Crippen LogP contribution in [0.5, 0.6) is 0 Å². The van der Waals surface area contributed by atoms with Gasteiger partial charge in [-0.25, -0.2) is 4.79 Å². The fraction of sp³-hybridized carbons (Fsp3) is 0.364. The third kappa shape index (κ3) is 5.11. The Morgan fingerprint density at radius 3 is 2.43 bits per heavy atom. The molecule has 0 saturated carbocycles. The van der Waals surface area contributed by atoms with Gasteiger partial charge in [-0.2, -0.15) is 0 Å². The summed E-state index contributed by atoms with van der Waals surface area (Å²) in [6.45, 7) is 5.81. The van der Waals surface area contributed by atoms with Crippen molar-refractivity contribution < 1.29 is 14.3 Å². The van der Waals surface area contributed by atoms with Crippen molar-refractivity contribution >= 4 is 41.1 Å². The molecule has 1 fully saturated rings. The lowest BCUT2D eigenvalue weighted by Crippen LogP contribution is -2.22. The van der Waals surface area contributed by atoms with Crippen molar-refractivity contribution in [1.29, 1.82) is 0 Å². The van der Waals surface area contributed by atoms with Crippen LogP contribution in [0.4, 0.5) is 5.69 Å². The second kappa shape index (κ2) is 9.52. The van der Waals surface area contributed by atoms with E-state index >= 15 is 0 Å². The predicted octanol–water partition coefficient (Wildman–Crippen LogP) is 5.39. The third-order valence-corrected chi connectivity index (χ3v) is 7.67. The fourth-order valence-corrected chi connectivity index (χ4v) is 5.92. The summed E-state index contributed by atoms with van der Waals surface area (Å²) >= 11 is 3.85. The molecule has 0 atom stereocenters. The van der Waals surface area contributed by atoms with Crippen LogP contribution in [0.15, 0.2) is 42.5 Å². The van der Waals surface area contributed by atoms with Gasteiger partial charge < -0.3 is 10.1 Å². The van der Waals surface area contributed by atoms with E-state index in [1.54, 1.807) is 12.1 Å². The minimum absolute atomic E-state index is 0.285. The summed E-state index contributed by atoms with van der Waals surface area (Å²) in [7, 11) is 0. The Kier molecular flexibility index (Phi) is 7.08. The number of nitrogens with one attached hydrogen (secondary N) is 1. The van der Waals surface area contributed by atoms with Crippen LogP contribution in [0, 0.1) is 6.92 Å². The van der Waals surface area contributed by atoms with Gasteiger partial charge in [-0.05, 0) is 41.7 Å². The van der Waals surface area contributed by atoms with Gasteiger partial charge in [0.15, 0.2) is 6.61 Å². The predicted molar refractivity (Wildman–Crippen MR) is 118 cm³/mol. The lowest BCUT2D eigenvalue weighted by atomic mass is 9.98. The van der Waals surface area contributed by atoms with Gasteiger partial charge >= 0.3 is 5.97 Å². The van der Waals surface area contributed by atoms with Gasteiger partial charge in [0.25, 0.3) is 5.91 Å². The molecule has 0 radical (unpaired) electrons. The molecule has 148 valence electrons. The molecule has 0 aliphatic carbocycles. The summed E-state index contributed by atoms with van der Waals surface area (Å²) in [5.74, 6) is 1.79. The fourth-order valence-electron chi connectivity index (χ4n) is 3.06. The van der Waals surface area contributed by atoms with E-state index in [-0.39, 0.29) is 18.4 Å². The number of para-hydroxylation sites is 1. The first-order valence-corrected chi connectivity index (χ1v) is 11.4. The summed E-state index contributed by atoms with van der Waals surface area (Å²) in [5, 5.41) is 2.89. The molecule has 0 aromatic heterocycles. The molecule has 1 aliphatic heterocycles. The minimum atomic E-state index is -0.484. The smallest absolute Gasteiger partial charge is 0.338 e. The van der Waals surface area contributed by atoms with E-state index < -0.39 is 5.97 Å². The average Bonchev–Trinajstić information content (AvgIpc) is 3.22. The molecular formula is C22H25NO3S2. The van der Waals surface area contributed by atoms with Gasteiger partial charge in [-0.3, -0.25) is 4.79 Å². The summed E-state index contributed by atoms with van der Waals surface area (Å²) < 4.78 is 5.65. The van der Waals surface area contributed by atoms with Crippen molar-refractivity contribution in [2.45, 2.75) is 31.3 Å². The number of ether oxygens (including phenoxy) is 1. The number of benzene rings is 2. The van der Waals surface area contributed by atoms with Crippen LogP contribution in [0.1, 0.15) is 51.4 Å². The maximum absolute atomic E-state index is 12.3. The normalized spacial score (nSPS) is 14.3. The van der Waals surface area contributed by atoms with Gasteiger partial charge in [0.05, 0.1) is 10.1 Å². The van der Waals surface area contributed by atoms with Crippen LogP contribution in [0.2, 0.25) is 0 Å². The SMILES string of the molecule is Cc1cccc(C(C)C)c1NC(=O)COC(=O)c1ccc(C2SCCS2)cc1. The highest BCUT2D eigenvalue weighted by atomic mass is 32.2. The third-order valence-electron chi connectivity index (χ3n) is 4.57. The number of carbonyl (C=O) groups is 2. The number of rotatable bonds is 6. The molecule has 4 nitrogen and oxygen atoms in total. The number of hydrogen-bond acceptors (Lipinski definition) is 5. The zero-order valence-electron chi connectivity index (χ0n) is 16.4. The zero-order chi connectivity index (χ0) is 20.1. The Morgan fingerprint density at radius 2 is 1.79 bits per heavy atom. The standard InChI is InChI=1S/C22H25NO3S2/c1-14(2)18-6-4-5-15(3)20(18)23-19(24)13-26-21(25)16-7-9-17(10-8-16)22-27-11-12-28-22/h4-10,14,22H,11-13H2,1-3H3,(H,23,24). The number of anilines is 1. The van der Waals surface area contributed by atoms with E-state index in [2.05, 4.69) is 19.2 Å². The van der Waals surface area contributed by atoms with Crippen LogP contribution in [0.3, 0.4) is 0 Å². The molecule has 0 bridgehead atoms. The summed E-state index contributed by atoms with van der Waals surface area (Å²) in [4.78, 5) is 24.6. The Bertz CT molecular complexity index is 843. The second-order valence-electron chi connectivity index (χ2n) is 7.01. The van der Waals surface area contributed by atoms with Crippen LogP contribution in [0.25, 0.3) is 0 Å². The van der Waals surface area contributed by atoms with Crippen molar-refractivity contribution in [2.75, 3.05) is 23.4 Å². The molecule has 1 N–H and O–H groups in total. The lowest BCUT2D eigenvalue weighted by molar-refractivity contribution is -0.119. The molecule has 0 spiro atoms. The van der Waals surface area contributed by atoms with Gasteiger partial charge in [0, 0.05) is 17.2 Å². The molecular weight excluding hydrogens is 390 g/mol. The van der Waals surface area contributed by atoms with Crippen LogP contribution < -0.4 is 5.32 Å². The Labute approximate surface area is 174 Å². The van der Waals surface area contributed by atoms with E-state index in [4.69, 9.17) is 4.74 Å². The summed E-state index contributed by atoms with van der Waals surface area (Å²) in [6.07, 6.45) is 0. The highest BCUT2D eigenvalue weighted by molar-refractivity contribution is 8.19. The average molecular weight is 416 g/mol. The number of hydrogen-bond donors (Lipinski definition) is 1. The monoisotopic (exact) mass is 415 g/mol. The topological polar surface area (TPSA) is 55.4 Å². The number of carbonyl (C=O) groups excluding carboxylic acids is 2. The van der Waals surface area contributed by atoms with Crippen LogP contribution in [-0.4, -0.2) is 30.0 Å². The number of amides is 1. The largest absolute Gasteiger partial charge is 0.452 e. The Balaban J connectivity index is 1.57. The molecule has 3 rings (SSSR count). The molecule has 28 heavy (non-hydrogen) atoms. The highest BCUT2D eigenvalue weighted by Crippen LogP contribution is 2.45. The van der Waals surface area contributed by atoms with Gasteiger partial charge in [-0.1, -0.05) is 44.2 Å². The van der Waals surface area contributed by atoms with E-state index in [1.807, 2.05) is 60.8 Å². The van der Waals surface area contributed by atoms with Crippen molar-refractivity contribution in [1.82, 2.24) is 0 Å². The molecule has 1 saturated heterocycles. The molecule has 0 unspecified atom stereocenters. The Morgan fingerprint density at radius 1 is 1.11 bits per heavy atom. The minimum Gasteiger partial charge on any atom is -0.452 e. The van der Waals surface area contributed by atoms with Crippen LogP contribution >= 0.6 is 23.5 Å². The van der Waals surface area contributed by atoms with Crippen molar-refractivity contribution in [3.8, 4) is 0 Å². The molecule has 1 aliphatic rings. The van der Waals surface area contributed by atoms with E-state index in [1.165, 1.54) is 5.56 Å². The quantitative estimate of drug-likeness (QED) is 0.641. The molecule has 2 aromatic carbocycles. The van der Waals surface area contributed by atoms with Gasteiger partial charge in [-0.15, -0.1) is 23.5 Å². The van der Waals surface area contributed by atoms with Crippen molar-refractivity contribution in [2.24, 2.45) is 0 Å². The number of esters is 1. The zero-order valence-corrected chi connectivity index (χ0v) is 18.0. The van der Waals surface area contributed by atoms with Crippen molar-refractivity contribution in [3.63, 3.8) is 0 Å². The van der Waals surface area contributed by atoms with E-state index in [0.717, 1.165) is 28.3 Å². The molecule has 1 amide bonds. The van der Waals surface area contributed by atoms with Gasteiger partial charge in [0.1, 0.15) is 0 Å². The lowest BCUT2D eigenvalue weighted by Gasteiger charge is -2.16. The number of aryl methyl sites for hydroxylation is 1. The number of thioether (sulfide) groups is 2. The summed E-state index contributed by atoms with van der Waals surface area (Å²) in [6, 6.07) is 13.4. The van der Waals surface area contributed by atoms with Crippen molar-refractivity contribution in [3.05, 3.63) is 64.7 Å². The first kappa shape index (κ1) is 20.8. The summed E-state index contributed by atoms with van der Waals surface area (Å²) in [5.41, 5.74) is 4.53. The first-order valence-electron chi connectivity index (χ1n) is 9.35. The highest BCUT2D eigenvalue weighted by Gasteiger charge is 2.19. The Hall–Kier alpha value is -1.92. The van der Waals surface area contributed by atoms with Crippen LogP contribution in [-0.2, 0) is 9.53 Å². The van der Waals surface area contributed by atoms with E-state index in [0.29, 0.717) is 10.1 Å². The van der Waals surface area contributed by atoms with Gasteiger partial charge in [0.2, 0.25) is 0 Å². The van der Waals surface area contributed by atoms with E-state index in [9.17, 15) is 9.59 Å². The second-order valence-corrected chi connectivity index (χ2v) is 9.74. The molecule has 2 aromatic rings.